The summed E-state index contributed by atoms with van der Waals surface area (Å²) in [5.41, 5.74) is 1.50. The number of ether oxygens (including phenoxy) is 2. The Kier molecular flexibility index (Phi) is 5.44. The van der Waals surface area contributed by atoms with Gasteiger partial charge in [0.2, 0.25) is 0 Å². The second kappa shape index (κ2) is 7.31. The van der Waals surface area contributed by atoms with Crippen molar-refractivity contribution in [3.63, 3.8) is 0 Å². The number of para-hydroxylation sites is 1. The van der Waals surface area contributed by atoms with Gasteiger partial charge in [0.25, 0.3) is 5.91 Å². The van der Waals surface area contributed by atoms with E-state index < -0.39 is 0 Å². The lowest BCUT2D eigenvalue weighted by atomic mass is 10.1. The summed E-state index contributed by atoms with van der Waals surface area (Å²) in [5.74, 6) is 1.15. The van der Waals surface area contributed by atoms with Crippen molar-refractivity contribution in [1.82, 2.24) is 5.32 Å². The first kappa shape index (κ1) is 16.4. The maximum atomic E-state index is 12.4. The van der Waals surface area contributed by atoms with Gasteiger partial charge in [0.05, 0.1) is 30.3 Å². The van der Waals surface area contributed by atoms with E-state index in [0.717, 1.165) is 15.8 Å². The smallest absolute Gasteiger partial charge is 0.255 e. The molecule has 1 atom stereocenters. The van der Waals surface area contributed by atoms with E-state index in [1.807, 2.05) is 37.3 Å². The average molecular weight is 364 g/mol. The summed E-state index contributed by atoms with van der Waals surface area (Å²) in [5, 5.41) is 2.97. The Morgan fingerprint density at radius 1 is 1.09 bits per heavy atom. The molecule has 0 fully saturated rings. The summed E-state index contributed by atoms with van der Waals surface area (Å²) < 4.78 is 11.3. The Labute approximate surface area is 138 Å². The molecule has 0 aliphatic carbocycles. The molecule has 0 radical (unpaired) electrons. The Bertz CT molecular complexity index is 673. The van der Waals surface area contributed by atoms with Crippen LogP contribution in [0, 0.1) is 0 Å². The topological polar surface area (TPSA) is 47.6 Å². The molecule has 0 saturated heterocycles. The molecule has 1 amide bonds. The van der Waals surface area contributed by atoms with Gasteiger partial charge in [-0.25, -0.2) is 0 Å². The fourth-order valence-corrected chi connectivity index (χ4v) is 2.70. The Balaban J connectivity index is 2.16. The van der Waals surface area contributed by atoms with Gasteiger partial charge in [-0.05, 0) is 52.7 Å². The minimum absolute atomic E-state index is 0.139. The minimum Gasteiger partial charge on any atom is -0.496 e. The lowest BCUT2D eigenvalue weighted by Gasteiger charge is -2.16. The first-order valence-corrected chi connectivity index (χ1v) is 7.63. The van der Waals surface area contributed by atoms with Crippen LogP contribution < -0.4 is 14.8 Å². The van der Waals surface area contributed by atoms with Gasteiger partial charge in [0.1, 0.15) is 11.5 Å². The number of amides is 1. The predicted octanol–water partition coefficient (Wildman–Crippen LogP) is 3.96. The molecule has 0 spiro atoms. The number of halogens is 1. The number of hydrogen-bond donors (Lipinski definition) is 1. The number of methoxy groups -OCH3 is 2. The molecular formula is C17H18BrNO3. The summed E-state index contributed by atoms with van der Waals surface area (Å²) in [6.07, 6.45) is 0. The summed E-state index contributed by atoms with van der Waals surface area (Å²) in [6.45, 7) is 1.93. The third kappa shape index (κ3) is 3.60. The second-order valence-electron chi connectivity index (χ2n) is 4.79. The van der Waals surface area contributed by atoms with Gasteiger partial charge < -0.3 is 14.8 Å². The van der Waals surface area contributed by atoms with Gasteiger partial charge in [0, 0.05) is 0 Å². The molecule has 0 aliphatic rings. The molecule has 4 nitrogen and oxygen atoms in total. The van der Waals surface area contributed by atoms with E-state index in [0.29, 0.717) is 11.3 Å². The van der Waals surface area contributed by atoms with E-state index in [9.17, 15) is 4.79 Å². The van der Waals surface area contributed by atoms with Crippen LogP contribution in [0.4, 0.5) is 0 Å². The molecule has 0 aliphatic heterocycles. The molecule has 5 heteroatoms. The predicted molar refractivity (Wildman–Crippen MR) is 89.6 cm³/mol. The van der Waals surface area contributed by atoms with E-state index in [1.165, 1.54) is 0 Å². The highest BCUT2D eigenvalue weighted by Crippen LogP contribution is 2.28. The van der Waals surface area contributed by atoms with E-state index in [1.54, 1.807) is 26.4 Å². The standard InChI is InChI=1S/C17H18BrNO3/c1-11(12-8-9-16(22-3)14(18)10-12)19-17(20)13-6-4-5-7-15(13)21-2/h4-11H,1-3H3,(H,19,20). The van der Waals surface area contributed by atoms with Gasteiger partial charge in [-0.15, -0.1) is 0 Å². The number of carbonyl (C=O) groups is 1. The van der Waals surface area contributed by atoms with Crippen molar-refractivity contribution in [3.05, 3.63) is 58.1 Å². The molecule has 2 aromatic rings. The minimum atomic E-state index is -0.170. The van der Waals surface area contributed by atoms with Crippen LogP contribution in [0.25, 0.3) is 0 Å². The van der Waals surface area contributed by atoms with Crippen molar-refractivity contribution < 1.29 is 14.3 Å². The summed E-state index contributed by atoms with van der Waals surface area (Å²) in [6, 6.07) is 12.7. The Hall–Kier alpha value is -2.01. The van der Waals surface area contributed by atoms with Crippen molar-refractivity contribution in [2.75, 3.05) is 14.2 Å². The number of rotatable bonds is 5. The van der Waals surface area contributed by atoms with E-state index in [4.69, 9.17) is 9.47 Å². The Morgan fingerprint density at radius 2 is 1.77 bits per heavy atom. The summed E-state index contributed by atoms with van der Waals surface area (Å²) >= 11 is 3.45. The molecule has 0 saturated carbocycles. The second-order valence-corrected chi connectivity index (χ2v) is 5.64. The highest BCUT2D eigenvalue weighted by atomic mass is 79.9. The molecule has 2 aromatic carbocycles. The van der Waals surface area contributed by atoms with Gasteiger partial charge in [-0.1, -0.05) is 18.2 Å². The van der Waals surface area contributed by atoms with Crippen molar-refractivity contribution in [2.45, 2.75) is 13.0 Å². The van der Waals surface area contributed by atoms with Crippen molar-refractivity contribution in [1.29, 1.82) is 0 Å². The van der Waals surface area contributed by atoms with E-state index >= 15 is 0 Å². The first-order valence-electron chi connectivity index (χ1n) is 6.84. The van der Waals surface area contributed by atoms with Crippen LogP contribution in [0.2, 0.25) is 0 Å². The van der Waals surface area contributed by atoms with Crippen LogP contribution in [0.15, 0.2) is 46.9 Å². The highest BCUT2D eigenvalue weighted by molar-refractivity contribution is 9.10. The zero-order chi connectivity index (χ0) is 16.1. The SMILES string of the molecule is COc1ccc(C(C)NC(=O)c2ccccc2OC)cc1Br. The molecule has 1 N–H and O–H groups in total. The highest BCUT2D eigenvalue weighted by Gasteiger charge is 2.15. The summed E-state index contributed by atoms with van der Waals surface area (Å²) in [4.78, 5) is 12.4. The molecule has 22 heavy (non-hydrogen) atoms. The molecular weight excluding hydrogens is 346 g/mol. The van der Waals surface area contributed by atoms with Crippen LogP contribution in [-0.4, -0.2) is 20.1 Å². The quantitative estimate of drug-likeness (QED) is 0.874. The molecule has 2 rings (SSSR count). The molecule has 1 unspecified atom stereocenters. The maximum Gasteiger partial charge on any atom is 0.255 e. The first-order chi connectivity index (χ1) is 10.6. The molecule has 116 valence electrons. The van der Waals surface area contributed by atoms with E-state index in [-0.39, 0.29) is 11.9 Å². The third-order valence-corrected chi connectivity index (χ3v) is 3.99. The van der Waals surface area contributed by atoms with Gasteiger partial charge in [0.15, 0.2) is 0 Å². The van der Waals surface area contributed by atoms with Crippen LogP contribution in [0.1, 0.15) is 28.9 Å². The van der Waals surface area contributed by atoms with Gasteiger partial charge >= 0.3 is 0 Å². The molecule has 0 heterocycles. The molecule has 0 aromatic heterocycles. The lowest BCUT2D eigenvalue weighted by Crippen LogP contribution is -2.27. The number of carbonyl (C=O) groups excluding carboxylic acids is 1. The number of benzene rings is 2. The largest absolute Gasteiger partial charge is 0.496 e. The van der Waals surface area contributed by atoms with Crippen molar-refractivity contribution in [3.8, 4) is 11.5 Å². The van der Waals surface area contributed by atoms with Gasteiger partial charge in [-0.2, -0.15) is 0 Å². The fourth-order valence-electron chi connectivity index (χ4n) is 2.14. The molecule has 0 bridgehead atoms. The zero-order valence-electron chi connectivity index (χ0n) is 12.7. The lowest BCUT2D eigenvalue weighted by molar-refractivity contribution is 0.0937. The summed E-state index contributed by atoms with van der Waals surface area (Å²) in [7, 11) is 3.17. The van der Waals surface area contributed by atoms with Crippen molar-refractivity contribution >= 4 is 21.8 Å². The van der Waals surface area contributed by atoms with Crippen LogP contribution in [0.5, 0.6) is 11.5 Å². The number of nitrogens with one attached hydrogen (secondary N) is 1. The van der Waals surface area contributed by atoms with Crippen LogP contribution in [0.3, 0.4) is 0 Å². The van der Waals surface area contributed by atoms with Crippen LogP contribution in [-0.2, 0) is 0 Å². The van der Waals surface area contributed by atoms with Crippen molar-refractivity contribution in [2.24, 2.45) is 0 Å². The normalized spacial score (nSPS) is 11.6. The Morgan fingerprint density at radius 3 is 2.41 bits per heavy atom. The monoisotopic (exact) mass is 363 g/mol. The number of hydrogen-bond acceptors (Lipinski definition) is 3. The average Bonchev–Trinajstić information content (AvgIpc) is 2.54. The third-order valence-electron chi connectivity index (χ3n) is 3.38. The fraction of sp³-hybridized carbons (Fsp3) is 0.235. The van der Waals surface area contributed by atoms with Crippen LogP contribution >= 0.6 is 15.9 Å². The maximum absolute atomic E-state index is 12.4. The van der Waals surface area contributed by atoms with Gasteiger partial charge in [-0.3, -0.25) is 4.79 Å². The zero-order valence-corrected chi connectivity index (χ0v) is 14.3. The van der Waals surface area contributed by atoms with E-state index in [2.05, 4.69) is 21.2 Å².